The van der Waals surface area contributed by atoms with Gasteiger partial charge in [-0.25, -0.2) is 4.79 Å². The average Bonchev–Trinajstić information content (AvgIpc) is 3.11. The lowest BCUT2D eigenvalue weighted by molar-refractivity contribution is -0.146. The lowest BCUT2D eigenvalue weighted by Crippen LogP contribution is -2.16. The second kappa shape index (κ2) is 45.1. The van der Waals surface area contributed by atoms with Gasteiger partial charge in [0.1, 0.15) is 6.61 Å². The summed E-state index contributed by atoms with van der Waals surface area (Å²) in [4.78, 5) is 10.9. The maximum atomic E-state index is 10.9. The first-order valence-corrected chi connectivity index (χ1v) is 19.2. The molecule has 0 saturated heterocycles. The fourth-order valence-corrected chi connectivity index (χ4v) is 4.59. The first kappa shape index (κ1) is 48.1. The Morgan fingerprint density at radius 2 is 0.531 bits per heavy atom. The van der Waals surface area contributed by atoms with E-state index in [-0.39, 0.29) is 6.61 Å². The molecule has 0 radical (unpaired) electrons. The van der Waals surface area contributed by atoms with Crippen LogP contribution in [0.25, 0.3) is 0 Å². The molecule has 0 unspecified atom stereocenters. The van der Waals surface area contributed by atoms with E-state index in [2.05, 4.69) is 11.7 Å². The molecule has 0 fully saturated rings. The Balaban J connectivity index is 3.05. The lowest BCUT2D eigenvalue weighted by Gasteiger charge is -2.09. The summed E-state index contributed by atoms with van der Waals surface area (Å²) in [6.45, 7) is 12.2. The highest BCUT2D eigenvalue weighted by Gasteiger charge is 2.00. The second-order valence-corrected chi connectivity index (χ2v) is 11.7. The number of unbranched alkanes of at least 4 members (excludes halogenated alkanes) is 13. The average molecular weight is 711 g/mol. The molecule has 0 aliphatic heterocycles. The summed E-state index contributed by atoms with van der Waals surface area (Å²) in [7, 11) is 1.32. The minimum absolute atomic E-state index is 0.0655. The van der Waals surface area contributed by atoms with E-state index in [1.807, 2.05) is 0 Å². The lowest BCUT2D eigenvalue weighted by atomic mass is 10.0. The summed E-state index contributed by atoms with van der Waals surface area (Å²) in [5, 5.41) is 0. The highest BCUT2D eigenvalue weighted by atomic mass is 16.6. The number of methoxy groups -OCH3 is 1. The van der Waals surface area contributed by atoms with Gasteiger partial charge in [0.05, 0.1) is 126 Å². The van der Waals surface area contributed by atoms with Crippen molar-refractivity contribution in [2.45, 2.75) is 96.8 Å². The zero-order valence-corrected chi connectivity index (χ0v) is 31.4. The van der Waals surface area contributed by atoms with E-state index in [0.29, 0.717) is 119 Å². The van der Waals surface area contributed by atoms with Crippen molar-refractivity contribution < 1.29 is 56.9 Å². The molecule has 0 aromatic rings. The van der Waals surface area contributed by atoms with Crippen LogP contribution in [0.5, 0.6) is 0 Å². The van der Waals surface area contributed by atoms with Gasteiger partial charge in [0.25, 0.3) is 0 Å². The Labute approximate surface area is 298 Å². The van der Waals surface area contributed by atoms with Crippen molar-refractivity contribution in [1.29, 1.82) is 0 Å². The van der Waals surface area contributed by atoms with Crippen molar-refractivity contribution in [3.63, 3.8) is 0 Å². The summed E-state index contributed by atoms with van der Waals surface area (Å²) >= 11 is 0. The molecule has 0 saturated carbocycles. The molecule has 0 heterocycles. The molecule has 0 aromatic carbocycles. The number of rotatable bonds is 44. The number of ether oxygens (including phenoxy) is 11. The number of carbonyl (C=O) groups excluding carboxylic acids is 1. The van der Waals surface area contributed by atoms with E-state index in [9.17, 15) is 4.79 Å². The van der Waals surface area contributed by atoms with E-state index in [1.54, 1.807) is 0 Å². The van der Waals surface area contributed by atoms with Crippen molar-refractivity contribution in [3.05, 3.63) is 0 Å². The molecule has 0 amide bonds. The van der Waals surface area contributed by atoms with E-state index < -0.39 is 5.97 Å². The standard InChI is InChI=1S/C37H74O12/c1-3-4-5-6-7-8-9-10-11-12-13-14-15-16-17-40-18-19-41-20-21-42-22-23-43-24-25-44-26-27-45-28-29-46-30-31-47-32-33-48-34-35-49-36-37(38)39-2/h3-36H2,1-2H3. The molecule has 0 rings (SSSR count). The first-order chi connectivity index (χ1) is 24.3. The van der Waals surface area contributed by atoms with Crippen molar-refractivity contribution in [1.82, 2.24) is 0 Å². The SMILES string of the molecule is CCCCCCCCCCCCCCCCOCCOCCOCCOCCOCCOCCOCCOCCOCCOCC(=O)OC. The summed E-state index contributed by atoms with van der Waals surface area (Å²) in [6.07, 6.45) is 19.2. The smallest absolute Gasteiger partial charge is 0.331 e. The molecular formula is C37H74O12. The predicted octanol–water partition coefficient (Wildman–Crippen LogP) is 5.81. The van der Waals surface area contributed by atoms with Crippen LogP contribution in [-0.4, -0.2) is 145 Å². The third-order valence-corrected chi connectivity index (χ3v) is 7.44. The van der Waals surface area contributed by atoms with Gasteiger partial charge in [-0.2, -0.15) is 0 Å². The van der Waals surface area contributed by atoms with Crippen LogP contribution in [-0.2, 0) is 56.9 Å². The molecule has 0 N–H and O–H groups in total. The molecule has 0 aromatic heterocycles. The summed E-state index contributed by atoms with van der Waals surface area (Å²) in [6, 6.07) is 0. The van der Waals surface area contributed by atoms with Crippen LogP contribution in [0.15, 0.2) is 0 Å². The quantitative estimate of drug-likeness (QED) is 0.0561. The number of esters is 1. The van der Waals surface area contributed by atoms with Gasteiger partial charge in [-0.1, -0.05) is 90.4 Å². The topological polar surface area (TPSA) is 119 Å². The van der Waals surface area contributed by atoms with Crippen LogP contribution in [0.4, 0.5) is 0 Å². The molecule has 0 aliphatic carbocycles. The molecule has 12 heteroatoms. The minimum atomic E-state index is -0.403. The number of hydrogen-bond acceptors (Lipinski definition) is 12. The van der Waals surface area contributed by atoms with E-state index in [1.165, 1.54) is 90.6 Å². The first-order valence-electron chi connectivity index (χ1n) is 19.2. The van der Waals surface area contributed by atoms with Crippen molar-refractivity contribution >= 4 is 5.97 Å². The van der Waals surface area contributed by atoms with E-state index >= 15 is 0 Å². The maximum Gasteiger partial charge on any atom is 0.331 e. The Hall–Kier alpha value is -0.930. The fraction of sp³-hybridized carbons (Fsp3) is 0.973. The number of hydrogen-bond donors (Lipinski definition) is 0. The Morgan fingerprint density at radius 3 is 0.796 bits per heavy atom. The van der Waals surface area contributed by atoms with Crippen LogP contribution in [0.3, 0.4) is 0 Å². The van der Waals surface area contributed by atoms with Gasteiger partial charge in [-0.05, 0) is 6.42 Å². The Morgan fingerprint density at radius 1 is 0.306 bits per heavy atom. The van der Waals surface area contributed by atoms with Crippen LogP contribution in [0.1, 0.15) is 96.8 Å². The largest absolute Gasteiger partial charge is 0.467 e. The van der Waals surface area contributed by atoms with Crippen LogP contribution in [0.2, 0.25) is 0 Å². The molecule has 0 atom stereocenters. The Bertz CT molecular complexity index is 614. The van der Waals surface area contributed by atoms with Crippen molar-refractivity contribution in [2.75, 3.05) is 139 Å². The van der Waals surface area contributed by atoms with Gasteiger partial charge in [0.15, 0.2) is 0 Å². The highest BCUT2D eigenvalue weighted by molar-refractivity contribution is 5.70. The second-order valence-electron chi connectivity index (χ2n) is 11.7. The van der Waals surface area contributed by atoms with Gasteiger partial charge in [-0.15, -0.1) is 0 Å². The van der Waals surface area contributed by atoms with Gasteiger partial charge in [-0.3, -0.25) is 0 Å². The van der Waals surface area contributed by atoms with Crippen LogP contribution < -0.4 is 0 Å². The molecule has 0 spiro atoms. The molecule has 0 bridgehead atoms. The summed E-state index contributed by atoms with van der Waals surface area (Å²) < 4.78 is 59.0. The third-order valence-electron chi connectivity index (χ3n) is 7.44. The van der Waals surface area contributed by atoms with Gasteiger partial charge >= 0.3 is 5.97 Å². The minimum Gasteiger partial charge on any atom is -0.467 e. The Kier molecular flexibility index (Phi) is 44.2. The molecule has 294 valence electrons. The van der Waals surface area contributed by atoms with E-state index in [4.69, 9.17) is 47.4 Å². The normalized spacial score (nSPS) is 11.5. The van der Waals surface area contributed by atoms with Crippen molar-refractivity contribution in [3.8, 4) is 0 Å². The van der Waals surface area contributed by atoms with Crippen molar-refractivity contribution in [2.24, 2.45) is 0 Å². The summed E-state index contributed by atoms with van der Waals surface area (Å²) in [5.41, 5.74) is 0. The highest BCUT2D eigenvalue weighted by Crippen LogP contribution is 2.13. The van der Waals surface area contributed by atoms with Crippen LogP contribution in [0, 0.1) is 0 Å². The van der Waals surface area contributed by atoms with E-state index in [0.717, 1.165) is 13.0 Å². The van der Waals surface area contributed by atoms with Gasteiger partial charge in [0.2, 0.25) is 0 Å². The van der Waals surface area contributed by atoms with Gasteiger partial charge < -0.3 is 52.1 Å². The summed E-state index contributed by atoms with van der Waals surface area (Å²) in [5.74, 6) is -0.403. The molecule has 12 nitrogen and oxygen atoms in total. The maximum absolute atomic E-state index is 10.9. The predicted molar refractivity (Wildman–Crippen MR) is 191 cm³/mol. The zero-order valence-electron chi connectivity index (χ0n) is 31.4. The van der Waals surface area contributed by atoms with Crippen LogP contribution >= 0.6 is 0 Å². The molecule has 49 heavy (non-hydrogen) atoms. The molecular weight excluding hydrogens is 636 g/mol. The number of carbonyl (C=O) groups is 1. The zero-order chi connectivity index (χ0) is 35.4. The monoisotopic (exact) mass is 711 g/mol. The van der Waals surface area contributed by atoms with Gasteiger partial charge in [0, 0.05) is 6.61 Å². The molecule has 0 aliphatic rings. The fourth-order valence-electron chi connectivity index (χ4n) is 4.59. The third kappa shape index (κ3) is 45.0.